The molecule has 2 atom stereocenters. The first-order valence-electron chi connectivity index (χ1n) is 8.50. The molecule has 2 unspecified atom stereocenters. The average molecular weight is 290 g/mol. The van der Waals surface area contributed by atoms with Crippen molar-refractivity contribution in [3.63, 3.8) is 0 Å². The first-order chi connectivity index (χ1) is 10.3. The van der Waals surface area contributed by atoms with E-state index in [-0.39, 0.29) is 5.82 Å². The van der Waals surface area contributed by atoms with E-state index in [1.807, 2.05) is 6.07 Å². The molecule has 0 aliphatic carbocycles. The zero-order chi connectivity index (χ0) is 14.7. The summed E-state index contributed by atoms with van der Waals surface area (Å²) in [7, 11) is 0. The van der Waals surface area contributed by atoms with Crippen molar-refractivity contribution in [2.75, 3.05) is 6.54 Å². The van der Waals surface area contributed by atoms with Crippen molar-refractivity contribution in [3.8, 4) is 0 Å². The number of halogens is 1. The molecule has 0 spiro atoms. The highest BCUT2D eigenvalue weighted by Gasteiger charge is 2.37. The van der Waals surface area contributed by atoms with Crippen LogP contribution in [0.1, 0.15) is 51.0 Å². The summed E-state index contributed by atoms with van der Waals surface area (Å²) >= 11 is 0. The third kappa shape index (κ3) is 3.64. The number of nitrogens with zero attached hydrogens (tertiary/aromatic N) is 1. The van der Waals surface area contributed by atoms with E-state index >= 15 is 0 Å². The first kappa shape index (κ1) is 15.0. The van der Waals surface area contributed by atoms with E-state index in [1.165, 1.54) is 44.6 Å². The minimum atomic E-state index is -0.114. The van der Waals surface area contributed by atoms with Gasteiger partial charge in [-0.1, -0.05) is 25.5 Å². The van der Waals surface area contributed by atoms with Crippen LogP contribution in [0.4, 0.5) is 4.39 Å². The zero-order valence-electron chi connectivity index (χ0n) is 13.0. The van der Waals surface area contributed by atoms with Gasteiger partial charge in [0.25, 0.3) is 0 Å². The predicted octanol–water partition coefficient (Wildman–Crippen LogP) is 3.71. The summed E-state index contributed by atoms with van der Waals surface area (Å²) in [5.74, 6) is -0.114. The number of hydrogen-bond acceptors (Lipinski definition) is 2. The van der Waals surface area contributed by atoms with Crippen molar-refractivity contribution >= 4 is 0 Å². The fourth-order valence-corrected chi connectivity index (χ4v) is 4.10. The lowest BCUT2D eigenvalue weighted by molar-refractivity contribution is 0.0177. The van der Waals surface area contributed by atoms with Gasteiger partial charge in [0.2, 0.25) is 0 Å². The maximum absolute atomic E-state index is 13.4. The van der Waals surface area contributed by atoms with Gasteiger partial charge in [0.15, 0.2) is 0 Å². The molecule has 1 N–H and O–H groups in total. The molecule has 2 nitrogen and oxygen atoms in total. The van der Waals surface area contributed by atoms with Crippen molar-refractivity contribution in [2.24, 2.45) is 0 Å². The summed E-state index contributed by atoms with van der Waals surface area (Å²) in [5, 5.41) is 3.71. The Balaban J connectivity index is 1.66. The summed E-state index contributed by atoms with van der Waals surface area (Å²) in [6, 6.07) is 9.15. The zero-order valence-corrected chi connectivity index (χ0v) is 13.0. The van der Waals surface area contributed by atoms with Gasteiger partial charge in [-0.3, -0.25) is 4.90 Å². The smallest absolute Gasteiger partial charge is 0.123 e. The van der Waals surface area contributed by atoms with Crippen molar-refractivity contribution in [2.45, 2.75) is 70.1 Å². The van der Waals surface area contributed by atoms with Gasteiger partial charge < -0.3 is 5.32 Å². The average Bonchev–Trinajstić information content (AvgIpc) is 2.45. The minimum absolute atomic E-state index is 0.114. The maximum Gasteiger partial charge on any atom is 0.123 e. The van der Waals surface area contributed by atoms with Gasteiger partial charge in [-0.2, -0.15) is 0 Å². The van der Waals surface area contributed by atoms with Crippen molar-refractivity contribution in [1.29, 1.82) is 0 Å². The molecule has 1 aromatic rings. The quantitative estimate of drug-likeness (QED) is 0.889. The van der Waals surface area contributed by atoms with Crippen molar-refractivity contribution < 1.29 is 4.39 Å². The van der Waals surface area contributed by atoms with E-state index in [4.69, 9.17) is 0 Å². The highest BCUT2D eigenvalue weighted by molar-refractivity contribution is 5.17. The third-order valence-corrected chi connectivity index (χ3v) is 5.06. The number of benzene rings is 1. The van der Waals surface area contributed by atoms with Crippen LogP contribution in [0.5, 0.6) is 0 Å². The Labute approximate surface area is 127 Å². The summed E-state index contributed by atoms with van der Waals surface area (Å²) < 4.78 is 13.4. The molecular weight excluding hydrogens is 263 g/mol. The number of nitrogens with one attached hydrogen (secondary N) is 1. The Bertz CT molecular complexity index is 448. The molecule has 0 saturated carbocycles. The van der Waals surface area contributed by atoms with Crippen LogP contribution in [-0.2, 0) is 6.54 Å². The Morgan fingerprint density at radius 1 is 1.24 bits per heavy atom. The molecule has 2 fully saturated rings. The van der Waals surface area contributed by atoms with E-state index in [2.05, 4.69) is 23.2 Å². The number of hydrogen-bond donors (Lipinski definition) is 1. The SMILES string of the molecule is CCCNC1CC2CCCC(C1)N2Cc1cccc(F)c1. The van der Waals surface area contributed by atoms with Gasteiger partial charge in [-0.25, -0.2) is 4.39 Å². The first-order valence-corrected chi connectivity index (χ1v) is 8.50. The van der Waals surface area contributed by atoms with Gasteiger partial charge >= 0.3 is 0 Å². The largest absolute Gasteiger partial charge is 0.314 e. The van der Waals surface area contributed by atoms with Crippen LogP contribution in [0.2, 0.25) is 0 Å². The van der Waals surface area contributed by atoms with Crippen LogP contribution in [-0.4, -0.2) is 29.6 Å². The molecule has 2 aliphatic rings. The number of fused-ring (bicyclic) bond motifs is 2. The molecule has 21 heavy (non-hydrogen) atoms. The molecule has 0 aromatic heterocycles. The Hall–Kier alpha value is -0.930. The Morgan fingerprint density at radius 2 is 2.00 bits per heavy atom. The van der Waals surface area contributed by atoms with E-state index in [1.54, 1.807) is 6.07 Å². The van der Waals surface area contributed by atoms with Crippen LogP contribution < -0.4 is 5.32 Å². The Kier molecular flexibility index (Phi) is 4.91. The number of piperidine rings is 2. The molecule has 3 heteroatoms. The summed E-state index contributed by atoms with van der Waals surface area (Å²) in [5.41, 5.74) is 1.12. The summed E-state index contributed by atoms with van der Waals surface area (Å²) in [6.45, 7) is 4.27. The Morgan fingerprint density at radius 3 is 2.67 bits per heavy atom. The van der Waals surface area contributed by atoms with Gasteiger partial charge in [0, 0.05) is 24.7 Å². The molecule has 3 rings (SSSR count). The maximum atomic E-state index is 13.4. The van der Waals surface area contributed by atoms with Gasteiger partial charge in [-0.05, 0) is 56.3 Å². The molecule has 0 radical (unpaired) electrons. The van der Waals surface area contributed by atoms with Crippen molar-refractivity contribution in [3.05, 3.63) is 35.6 Å². The highest BCUT2D eigenvalue weighted by atomic mass is 19.1. The van der Waals surface area contributed by atoms with Crippen LogP contribution in [0.3, 0.4) is 0 Å². The lowest BCUT2D eigenvalue weighted by atomic mass is 9.81. The number of rotatable bonds is 5. The predicted molar refractivity (Wildman–Crippen MR) is 84.7 cm³/mol. The standard InChI is InChI=1S/C18H27FN2/c1-2-9-20-16-11-17-7-4-8-18(12-16)21(17)13-14-5-3-6-15(19)10-14/h3,5-6,10,16-18,20H,2,4,7-9,11-13H2,1H3. The molecule has 2 aliphatic heterocycles. The molecule has 2 saturated heterocycles. The van der Waals surface area contributed by atoms with E-state index < -0.39 is 0 Å². The third-order valence-electron chi connectivity index (χ3n) is 5.06. The fraction of sp³-hybridized carbons (Fsp3) is 0.667. The van der Waals surface area contributed by atoms with Crippen LogP contribution in [0.15, 0.2) is 24.3 Å². The second kappa shape index (κ2) is 6.89. The van der Waals surface area contributed by atoms with Gasteiger partial charge in [-0.15, -0.1) is 0 Å². The molecule has 0 amide bonds. The molecule has 116 valence electrons. The topological polar surface area (TPSA) is 15.3 Å². The lowest BCUT2D eigenvalue weighted by Crippen LogP contribution is -2.55. The van der Waals surface area contributed by atoms with E-state index in [0.717, 1.165) is 18.7 Å². The van der Waals surface area contributed by atoms with E-state index in [0.29, 0.717) is 18.1 Å². The van der Waals surface area contributed by atoms with Crippen LogP contribution in [0, 0.1) is 5.82 Å². The second-order valence-electron chi connectivity index (χ2n) is 6.66. The second-order valence-corrected chi connectivity index (χ2v) is 6.66. The van der Waals surface area contributed by atoms with Crippen LogP contribution >= 0.6 is 0 Å². The van der Waals surface area contributed by atoms with Crippen molar-refractivity contribution in [1.82, 2.24) is 10.2 Å². The molecule has 2 bridgehead atoms. The summed E-state index contributed by atoms with van der Waals surface area (Å²) in [4.78, 5) is 2.64. The van der Waals surface area contributed by atoms with E-state index in [9.17, 15) is 4.39 Å². The van der Waals surface area contributed by atoms with Crippen LogP contribution in [0.25, 0.3) is 0 Å². The highest BCUT2D eigenvalue weighted by Crippen LogP contribution is 2.35. The summed E-state index contributed by atoms with van der Waals surface area (Å²) in [6.07, 6.45) is 7.68. The normalized spacial score (nSPS) is 29.5. The lowest BCUT2D eigenvalue weighted by Gasteiger charge is -2.49. The molecular formula is C18H27FN2. The minimum Gasteiger partial charge on any atom is -0.314 e. The fourth-order valence-electron chi connectivity index (χ4n) is 4.10. The molecule has 1 aromatic carbocycles. The van der Waals surface area contributed by atoms with Gasteiger partial charge in [0.1, 0.15) is 5.82 Å². The van der Waals surface area contributed by atoms with Gasteiger partial charge in [0.05, 0.1) is 0 Å². The molecule has 2 heterocycles. The monoisotopic (exact) mass is 290 g/mol.